The summed E-state index contributed by atoms with van der Waals surface area (Å²) in [6, 6.07) is 0. The molecule has 198 valence electrons. The van der Waals surface area contributed by atoms with Gasteiger partial charge in [0, 0.05) is 0 Å². The van der Waals surface area contributed by atoms with Gasteiger partial charge in [0.2, 0.25) is 0 Å². The molecule has 0 saturated heterocycles. The Kier molecular flexibility index (Phi) is 21.8. The van der Waals surface area contributed by atoms with Gasteiger partial charge in [-0.3, -0.25) is 0 Å². The van der Waals surface area contributed by atoms with Gasteiger partial charge in [0.1, 0.15) is 61.0 Å². The van der Waals surface area contributed by atoms with Crippen molar-refractivity contribution in [3.63, 3.8) is 0 Å². The smallest absolute Gasteiger partial charge is 0.151 e. The summed E-state index contributed by atoms with van der Waals surface area (Å²) in [7, 11) is 0. The minimum absolute atomic E-state index is 0.0258. The zero-order valence-electron chi connectivity index (χ0n) is 17.5. The molecule has 0 saturated carbocycles. The van der Waals surface area contributed by atoms with Crippen LogP contribution in [-0.2, 0) is 14.4 Å². The summed E-state index contributed by atoms with van der Waals surface area (Å²) in [6.45, 7) is -0.207. The third-order valence-electron chi connectivity index (χ3n) is 3.82. The summed E-state index contributed by atoms with van der Waals surface area (Å²) in [4.78, 5) is 29.5. The SMILES string of the molecule is CC(O)C(O)C(O)C(O)C=O.O=CC(O)C(O)C(O)C(O)CO.O=CC(O)C(O)C(O)CO. The molecule has 16 heteroatoms. The molecule has 16 nitrogen and oxygen atoms in total. The zero-order chi connectivity index (χ0) is 26.9. The Labute approximate surface area is 187 Å². The first kappa shape index (κ1) is 36.1. The molecule has 11 atom stereocenters. The number of hydrogen-bond donors (Lipinski definition) is 13. The summed E-state index contributed by atoms with van der Waals surface area (Å²) >= 11 is 0. The topological polar surface area (TPSA) is 314 Å². The average molecular weight is 494 g/mol. The number of aldehydes is 3. The Morgan fingerprint density at radius 3 is 1.03 bits per heavy atom. The number of carbonyl (C=O) groups is 3. The van der Waals surface area contributed by atoms with Gasteiger partial charge in [-0.1, -0.05) is 0 Å². The number of aliphatic hydroxyl groups excluding tert-OH is 13. The predicted molar refractivity (Wildman–Crippen MR) is 104 cm³/mol. The van der Waals surface area contributed by atoms with E-state index in [2.05, 4.69) is 0 Å². The quantitative estimate of drug-likeness (QED) is 0.106. The Morgan fingerprint density at radius 2 is 0.758 bits per heavy atom. The third-order valence-corrected chi connectivity index (χ3v) is 3.82. The fraction of sp³-hybridized carbons (Fsp3) is 0.824. The lowest BCUT2D eigenvalue weighted by Crippen LogP contribution is -2.46. The zero-order valence-corrected chi connectivity index (χ0v) is 17.5. The van der Waals surface area contributed by atoms with Crippen molar-refractivity contribution >= 4 is 18.9 Å². The van der Waals surface area contributed by atoms with Crippen LogP contribution in [0.5, 0.6) is 0 Å². The maximum Gasteiger partial charge on any atom is 0.151 e. The summed E-state index contributed by atoms with van der Waals surface area (Å²) in [6.07, 6.45) is -17.3. The van der Waals surface area contributed by atoms with E-state index in [4.69, 9.17) is 66.4 Å². The lowest BCUT2D eigenvalue weighted by atomic mass is 10.0. The fourth-order valence-corrected chi connectivity index (χ4v) is 1.60. The molecule has 11 unspecified atom stereocenters. The van der Waals surface area contributed by atoms with Crippen LogP contribution in [0.25, 0.3) is 0 Å². The van der Waals surface area contributed by atoms with E-state index in [1.165, 1.54) is 6.92 Å². The van der Waals surface area contributed by atoms with Crippen LogP contribution in [0.3, 0.4) is 0 Å². The number of aliphatic hydroxyl groups is 13. The molecule has 0 heterocycles. The normalized spacial score (nSPS) is 20.9. The molecule has 0 rings (SSSR count). The second kappa shape index (κ2) is 19.9. The first-order chi connectivity index (χ1) is 15.2. The molecular formula is C17H34O16. The first-order valence-corrected chi connectivity index (χ1v) is 9.24. The largest absolute Gasteiger partial charge is 0.394 e. The number of carbonyl (C=O) groups excluding carboxylic acids is 3. The Morgan fingerprint density at radius 1 is 0.485 bits per heavy atom. The Balaban J connectivity index is -0.000000411. The highest BCUT2D eigenvalue weighted by Crippen LogP contribution is 2.03. The molecule has 0 bridgehead atoms. The van der Waals surface area contributed by atoms with Crippen LogP contribution in [-0.4, -0.2) is 166 Å². The highest BCUT2D eigenvalue weighted by molar-refractivity contribution is 5.57. The van der Waals surface area contributed by atoms with Crippen LogP contribution in [0.1, 0.15) is 6.92 Å². The van der Waals surface area contributed by atoms with E-state index in [0.717, 1.165) is 0 Å². The van der Waals surface area contributed by atoms with Crippen LogP contribution in [0.15, 0.2) is 0 Å². The van der Waals surface area contributed by atoms with E-state index in [0.29, 0.717) is 0 Å². The maximum absolute atomic E-state index is 9.90. The molecule has 0 aliphatic rings. The molecule has 0 fully saturated rings. The van der Waals surface area contributed by atoms with Crippen molar-refractivity contribution in [2.45, 2.75) is 74.1 Å². The molecule has 33 heavy (non-hydrogen) atoms. The van der Waals surface area contributed by atoms with E-state index in [-0.39, 0.29) is 18.9 Å². The summed E-state index contributed by atoms with van der Waals surface area (Å²) in [5.41, 5.74) is 0. The summed E-state index contributed by atoms with van der Waals surface area (Å²) < 4.78 is 0. The van der Waals surface area contributed by atoms with Gasteiger partial charge in [-0.2, -0.15) is 0 Å². The van der Waals surface area contributed by atoms with Crippen molar-refractivity contribution in [1.82, 2.24) is 0 Å². The predicted octanol–water partition coefficient (Wildman–Crippen LogP) is -8.47. The highest BCUT2D eigenvalue weighted by atomic mass is 16.4. The van der Waals surface area contributed by atoms with Crippen molar-refractivity contribution in [2.75, 3.05) is 13.2 Å². The van der Waals surface area contributed by atoms with Crippen molar-refractivity contribution < 1.29 is 80.8 Å². The Hall–Kier alpha value is -1.51. The van der Waals surface area contributed by atoms with Crippen LogP contribution in [0.4, 0.5) is 0 Å². The number of rotatable bonds is 13. The lowest BCUT2D eigenvalue weighted by Gasteiger charge is -2.22. The average Bonchev–Trinajstić information content (AvgIpc) is 2.84. The molecule has 0 spiro atoms. The van der Waals surface area contributed by atoms with Gasteiger partial charge in [0.15, 0.2) is 18.9 Å². The number of hydrogen-bond acceptors (Lipinski definition) is 16. The highest BCUT2D eigenvalue weighted by Gasteiger charge is 2.29. The molecule has 0 aromatic heterocycles. The molecule has 0 aliphatic carbocycles. The molecule has 0 aliphatic heterocycles. The maximum atomic E-state index is 9.90. The minimum atomic E-state index is -1.79. The van der Waals surface area contributed by atoms with Crippen LogP contribution in [0, 0.1) is 0 Å². The van der Waals surface area contributed by atoms with E-state index in [1.54, 1.807) is 0 Å². The van der Waals surface area contributed by atoms with E-state index in [1.807, 2.05) is 0 Å². The first-order valence-electron chi connectivity index (χ1n) is 9.24. The second-order valence-corrected chi connectivity index (χ2v) is 6.57. The van der Waals surface area contributed by atoms with Gasteiger partial charge in [-0.15, -0.1) is 0 Å². The molecule has 0 radical (unpaired) electrons. The lowest BCUT2D eigenvalue weighted by molar-refractivity contribution is -0.136. The van der Waals surface area contributed by atoms with Crippen molar-refractivity contribution in [3.05, 3.63) is 0 Å². The molecule has 0 aromatic rings. The fourth-order valence-electron chi connectivity index (χ4n) is 1.60. The van der Waals surface area contributed by atoms with Crippen LogP contribution >= 0.6 is 0 Å². The van der Waals surface area contributed by atoms with Gasteiger partial charge in [-0.05, 0) is 6.92 Å². The summed E-state index contributed by atoms with van der Waals surface area (Å²) in [5, 5.41) is 113. The van der Waals surface area contributed by atoms with Crippen LogP contribution < -0.4 is 0 Å². The third kappa shape index (κ3) is 15.1. The van der Waals surface area contributed by atoms with Crippen LogP contribution in [0.2, 0.25) is 0 Å². The van der Waals surface area contributed by atoms with Gasteiger partial charge in [0.05, 0.1) is 19.3 Å². The van der Waals surface area contributed by atoms with Gasteiger partial charge in [0.25, 0.3) is 0 Å². The summed E-state index contributed by atoms with van der Waals surface area (Å²) in [5.74, 6) is 0. The second-order valence-electron chi connectivity index (χ2n) is 6.57. The van der Waals surface area contributed by atoms with Gasteiger partial charge in [-0.25, -0.2) is 0 Å². The van der Waals surface area contributed by atoms with Crippen molar-refractivity contribution in [3.8, 4) is 0 Å². The standard InChI is InChI=1S/C6H12O6.C6H12O5.C5H10O5/c7-1-3(9)5(11)6(12)4(10)2-8;1-3(8)5(10)6(11)4(9)2-7;6-1-3(8)5(10)4(9)2-7/h1,3-6,8-12H,2H2;2-6,8-11H,1H3;1,3-5,7-10H,2H2. The van der Waals surface area contributed by atoms with E-state index in [9.17, 15) is 14.4 Å². The molecule has 0 aromatic carbocycles. The van der Waals surface area contributed by atoms with Crippen molar-refractivity contribution in [1.29, 1.82) is 0 Å². The van der Waals surface area contributed by atoms with Gasteiger partial charge < -0.3 is 80.8 Å². The monoisotopic (exact) mass is 494 g/mol. The van der Waals surface area contributed by atoms with E-state index < -0.39 is 80.4 Å². The minimum Gasteiger partial charge on any atom is -0.394 e. The molecule has 13 N–H and O–H groups in total. The van der Waals surface area contributed by atoms with Gasteiger partial charge >= 0.3 is 0 Å². The Bertz CT molecular complexity index is 505. The van der Waals surface area contributed by atoms with Crippen molar-refractivity contribution in [2.24, 2.45) is 0 Å². The molecule has 0 amide bonds. The van der Waals surface area contributed by atoms with E-state index >= 15 is 0 Å². The molecular weight excluding hydrogens is 460 g/mol.